The highest BCUT2D eigenvalue weighted by Gasteiger charge is 2.27. The number of hydrogen-bond acceptors (Lipinski definition) is 9. The second-order valence-corrected chi connectivity index (χ2v) is 10.0. The zero-order valence-corrected chi connectivity index (χ0v) is 22.1. The zero-order valence-electron chi connectivity index (χ0n) is 21.2. The number of hydrogen-bond donors (Lipinski definition) is 3. The molecular formula is C24H46O10P-. The van der Waals surface area contributed by atoms with Crippen molar-refractivity contribution in [2.45, 2.75) is 109 Å². The van der Waals surface area contributed by atoms with Gasteiger partial charge in [-0.05, 0) is 12.8 Å². The highest BCUT2D eigenvalue weighted by molar-refractivity contribution is 7.47. The Morgan fingerprint density at radius 3 is 1.97 bits per heavy atom. The molecule has 208 valence electrons. The van der Waals surface area contributed by atoms with Crippen LogP contribution in [-0.4, -0.2) is 65.7 Å². The normalized spacial score (nSPS) is 14.8. The number of aliphatic hydroxyl groups excluding tert-OH is 2. The fourth-order valence-corrected chi connectivity index (χ4v) is 3.88. The second kappa shape index (κ2) is 22.2. The smallest absolute Gasteiger partial charge is 0.462 e. The van der Waals surface area contributed by atoms with Gasteiger partial charge in [0, 0.05) is 12.8 Å². The van der Waals surface area contributed by atoms with Crippen molar-refractivity contribution in [2.24, 2.45) is 0 Å². The molecule has 0 heterocycles. The Balaban J connectivity index is 4.49. The van der Waals surface area contributed by atoms with Gasteiger partial charge in [-0.15, -0.1) is 0 Å². The molecule has 0 aliphatic heterocycles. The summed E-state index contributed by atoms with van der Waals surface area (Å²) < 4.78 is 31.9. The number of phosphoric ester groups is 1. The Hall–Kier alpha value is -1.03. The minimum atomic E-state index is -4.58. The molecule has 0 saturated heterocycles. The van der Waals surface area contributed by atoms with Crippen molar-refractivity contribution in [1.82, 2.24) is 0 Å². The average molecular weight is 526 g/mol. The van der Waals surface area contributed by atoms with Crippen LogP contribution in [0.1, 0.15) is 96.8 Å². The molecule has 0 aromatic carbocycles. The van der Waals surface area contributed by atoms with Crippen LogP contribution in [0.2, 0.25) is 0 Å². The van der Waals surface area contributed by atoms with Crippen LogP contribution >= 0.6 is 7.82 Å². The van der Waals surface area contributed by atoms with Gasteiger partial charge in [0.25, 0.3) is 0 Å². The van der Waals surface area contributed by atoms with Gasteiger partial charge < -0.3 is 31.5 Å². The standard InChI is InChI=1S/C24H46O10P/c1-3-5-7-9-10-11-12-14-15-23(27)31-19-22(34-24(28)16-13-8-6-4-2)20-33-35(29,30)32-18-21(26)17-25/h21-22,25-26H,1,3-20H2,2H3,(H,29,30)/q-1/t21-,22-/m1/s1. The van der Waals surface area contributed by atoms with Crippen LogP contribution < -0.4 is 0 Å². The van der Waals surface area contributed by atoms with E-state index in [0.29, 0.717) is 12.8 Å². The van der Waals surface area contributed by atoms with E-state index in [9.17, 15) is 24.2 Å². The van der Waals surface area contributed by atoms with Crippen molar-refractivity contribution >= 4 is 19.8 Å². The van der Waals surface area contributed by atoms with Gasteiger partial charge in [0.2, 0.25) is 0 Å². The minimum absolute atomic E-state index is 0.176. The van der Waals surface area contributed by atoms with E-state index in [1.807, 2.05) is 0 Å². The van der Waals surface area contributed by atoms with Crippen molar-refractivity contribution < 1.29 is 47.8 Å². The number of carbonyl (C=O) groups is 2. The molecule has 1 unspecified atom stereocenters. The summed E-state index contributed by atoms with van der Waals surface area (Å²) in [6.45, 7) is 3.76. The van der Waals surface area contributed by atoms with E-state index in [4.69, 9.17) is 19.1 Å². The summed E-state index contributed by atoms with van der Waals surface area (Å²) in [6, 6.07) is 0. The predicted molar refractivity (Wildman–Crippen MR) is 131 cm³/mol. The Kier molecular flexibility index (Phi) is 21.5. The fourth-order valence-electron chi connectivity index (χ4n) is 3.09. The molecule has 0 saturated carbocycles. The molecule has 0 rings (SSSR count). The Labute approximate surface area is 210 Å². The van der Waals surface area contributed by atoms with Crippen LogP contribution in [0.25, 0.3) is 0 Å². The Bertz CT molecular complexity index is 587. The lowest BCUT2D eigenvalue weighted by molar-refractivity contribution is -0.161. The lowest BCUT2D eigenvalue weighted by Crippen LogP contribution is -2.29. The molecule has 0 radical (unpaired) electrons. The van der Waals surface area contributed by atoms with E-state index in [-0.39, 0.29) is 19.4 Å². The van der Waals surface area contributed by atoms with Crippen molar-refractivity contribution in [3.8, 4) is 0 Å². The largest absolute Gasteiger partial charge is 0.472 e. The number of carbonyl (C=O) groups excluding carboxylic acids is 2. The lowest BCUT2D eigenvalue weighted by atomic mass is 10.1. The van der Waals surface area contributed by atoms with E-state index >= 15 is 0 Å². The monoisotopic (exact) mass is 525 g/mol. The van der Waals surface area contributed by atoms with E-state index in [1.165, 1.54) is 12.8 Å². The number of rotatable bonds is 24. The van der Waals surface area contributed by atoms with Crippen molar-refractivity contribution in [1.29, 1.82) is 0 Å². The van der Waals surface area contributed by atoms with Crippen LogP contribution in [0.4, 0.5) is 0 Å². The molecule has 0 amide bonds. The van der Waals surface area contributed by atoms with E-state index in [0.717, 1.165) is 51.4 Å². The van der Waals surface area contributed by atoms with Crippen LogP contribution in [0.15, 0.2) is 0 Å². The molecule has 35 heavy (non-hydrogen) atoms. The van der Waals surface area contributed by atoms with Gasteiger partial charge in [-0.1, -0.05) is 64.7 Å². The summed E-state index contributed by atoms with van der Waals surface area (Å²) in [4.78, 5) is 33.9. The average Bonchev–Trinajstić information content (AvgIpc) is 2.83. The molecule has 0 fully saturated rings. The number of aliphatic hydroxyl groups is 2. The molecule has 0 bridgehead atoms. The van der Waals surface area contributed by atoms with E-state index < -0.39 is 51.8 Å². The number of phosphoric acid groups is 1. The third-order valence-corrected chi connectivity index (χ3v) is 6.11. The van der Waals surface area contributed by atoms with Gasteiger partial charge in [0.1, 0.15) is 12.7 Å². The molecule has 0 aromatic heterocycles. The maximum absolute atomic E-state index is 12.1. The van der Waals surface area contributed by atoms with E-state index in [2.05, 4.69) is 18.4 Å². The summed E-state index contributed by atoms with van der Waals surface area (Å²) >= 11 is 0. The van der Waals surface area contributed by atoms with Crippen LogP contribution in [-0.2, 0) is 32.7 Å². The van der Waals surface area contributed by atoms with Crippen molar-refractivity contribution in [3.63, 3.8) is 0 Å². The van der Waals surface area contributed by atoms with Crippen LogP contribution in [0, 0.1) is 6.92 Å². The molecule has 3 N–H and O–H groups in total. The first-order chi connectivity index (χ1) is 16.7. The third-order valence-electron chi connectivity index (χ3n) is 5.16. The molecule has 0 aliphatic rings. The Morgan fingerprint density at radius 2 is 1.37 bits per heavy atom. The first-order valence-electron chi connectivity index (χ1n) is 12.8. The molecule has 0 aliphatic carbocycles. The summed E-state index contributed by atoms with van der Waals surface area (Å²) in [6.07, 6.45) is 9.77. The molecule has 3 atom stereocenters. The SMILES string of the molecule is [CH2-]CCCCCCCCCC(=O)OC[C@H](COP(=O)(O)OC[C@H](O)CO)OC(=O)CCCCCC. The quantitative estimate of drug-likeness (QED) is 0.0723. The van der Waals surface area contributed by atoms with Crippen molar-refractivity contribution in [3.05, 3.63) is 6.92 Å². The van der Waals surface area contributed by atoms with Crippen molar-refractivity contribution in [2.75, 3.05) is 26.4 Å². The number of ether oxygens (including phenoxy) is 2. The molecule has 10 nitrogen and oxygen atoms in total. The first-order valence-corrected chi connectivity index (χ1v) is 14.3. The highest BCUT2D eigenvalue weighted by Crippen LogP contribution is 2.43. The summed E-state index contributed by atoms with van der Waals surface area (Å²) in [5.41, 5.74) is 0. The summed E-state index contributed by atoms with van der Waals surface area (Å²) in [5.74, 6) is -0.963. The lowest BCUT2D eigenvalue weighted by Gasteiger charge is -2.20. The molecule has 11 heteroatoms. The molecular weight excluding hydrogens is 479 g/mol. The topological polar surface area (TPSA) is 149 Å². The van der Waals surface area contributed by atoms with Gasteiger partial charge in [-0.2, -0.15) is 6.42 Å². The number of esters is 2. The summed E-state index contributed by atoms with van der Waals surface area (Å²) in [5, 5.41) is 18.0. The minimum Gasteiger partial charge on any atom is -0.462 e. The van der Waals surface area contributed by atoms with E-state index in [1.54, 1.807) is 0 Å². The predicted octanol–water partition coefficient (Wildman–Crippen LogP) is 4.24. The molecule has 0 spiro atoms. The Morgan fingerprint density at radius 1 is 0.829 bits per heavy atom. The van der Waals surface area contributed by atoms with Gasteiger partial charge in [-0.25, -0.2) is 4.57 Å². The first kappa shape index (κ1) is 34.0. The second-order valence-electron chi connectivity index (χ2n) is 8.58. The van der Waals surface area contributed by atoms with Crippen LogP contribution in [0.5, 0.6) is 0 Å². The van der Waals surface area contributed by atoms with Gasteiger partial charge in [0.05, 0.1) is 19.8 Å². The van der Waals surface area contributed by atoms with Gasteiger partial charge in [0.15, 0.2) is 6.10 Å². The zero-order chi connectivity index (χ0) is 26.4. The van der Waals surface area contributed by atoms with Gasteiger partial charge in [-0.3, -0.25) is 18.6 Å². The highest BCUT2D eigenvalue weighted by atomic mass is 31.2. The maximum Gasteiger partial charge on any atom is 0.472 e. The maximum atomic E-state index is 12.1. The number of unbranched alkanes of at least 4 members (excludes halogenated alkanes) is 10. The van der Waals surface area contributed by atoms with Crippen LogP contribution in [0.3, 0.4) is 0 Å². The fraction of sp³-hybridized carbons (Fsp3) is 0.875. The third kappa shape index (κ3) is 21.9. The summed E-state index contributed by atoms with van der Waals surface area (Å²) in [7, 11) is -4.58. The molecule has 0 aromatic rings. The van der Waals surface area contributed by atoms with Gasteiger partial charge >= 0.3 is 19.8 Å².